The molecule has 3 amide bonds. The predicted molar refractivity (Wildman–Crippen MR) is 110 cm³/mol. The fourth-order valence-electron chi connectivity index (χ4n) is 3.05. The van der Waals surface area contributed by atoms with Gasteiger partial charge in [0, 0.05) is 29.2 Å². The number of carbonyl (C=O) groups excluding carboxylic acids is 3. The van der Waals surface area contributed by atoms with Gasteiger partial charge in [0.1, 0.15) is 12.0 Å². The Morgan fingerprint density at radius 1 is 1.10 bits per heavy atom. The van der Waals surface area contributed by atoms with Gasteiger partial charge in [0.2, 0.25) is 0 Å². The molecule has 2 N–H and O–H groups in total. The number of ether oxygens (including phenoxy) is 2. The maximum absolute atomic E-state index is 12.7. The molecule has 2 aromatic rings. The van der Waals surface area contributed by atoms with Crippen LogP contribution in [0.5, 0.6) is 5.75 Å². The van der Waals surface area contributed by atoms with E-state index in [0.29, 0.717) is 29.5 Å². The van der Waals surface area contributed by atoms with Gasteiger partial charge in [0.15, 0.2) is 0 Å². The van der Waals surface area contributed by atoms with Crippen molar-refractivity contribution in [1.29, 1.82) is 0 Å². The summed E-state index contributed by atoms with van der Waals surface area (Å²) in [5.41, 5.74) is 1.22. The topological polar surface area (TPSA) is 97.0 Å². The van der Waals surface area contributed by atoms with E-state index in [1.54, 1.807) is 36.4 Å². The first-order chi connectivity index (χ1) is 14.5. The largest absolute Gasteiger partial charge is 0.496 e. The Labute approximate surface area is 179 Å². The molecule has 1 saturated heterocycles. The molecular formula is C21H22ClN3O5. The molecule has 1 aliphatic heterocycles. The molecule has 0 bridgehead atoms. The van der Waals surface area contributed by atoms with Crippen molar-refractivity contribution in [2.75, 3.05) is 26.8 Å². The lowest BCUT2D eigenvalue weighted by Crippen LogP contribution is -2.47. The third-order valence-corrected chi connectivity index (χ3v) is 4.87. The Balaban J connectivity index is 1.51. The van der Waals surface area contributed by atoms with Gasteiger partial charge in [-0.25, -0.2) is 0 Å². The summed E-state index contributed by atoms with van der Waals surface area (Å²) >= 11 is 5.86. The molecule has 0 saturated carbocycles. The van der Waals surface area contributed by atoms with Crippen LogP contribution in [0.25, 0.3) is 0 Å². The van der Waals surface area contributed by atoms with Gasteiger partial charge >= 0.3 is 11.8 Å². The first-order valence-electron chi connectivity index (χ1n) is 9.35. The monoisotopic (exact) mass is 431 g/mol. The number of carbonyl (C=O) groups is 3. The Bertz CT molecular complexity index is 919. The molecule has 1 atom stereocenters. The molecular weight excluding hydrogens is 410 g/mol. The highest BCUT2D eigenvalue weighted by molar-refractivity contribution is 6.35. The van der Waals surface area contributed by atoms with Crippen LogP contribution in [0.15, 0.2) is 48.5 Å². The number of para-hydroxylation sites is 1. The highest BCUT2D eigenvalue weighted by Crippen LogP contribution is 2.17. The molecule has 8 nitrogen and oxygen atoms in total. The minimum atomic E-state index is -0.806. The smallest absolute Gasteiger partial charge is 0.309 e. The predicted octanol–water partition coefficient (Wildman–Crippen LogP) is 1.58. The molecule has 3 rings (SSSR count). The Morgan fingerprint density at radius 3 is 2.53 bits per heavy atom. The lowest BCUT2D eigenvalue weighted by molar-refractivity contribution is -0.139. The van der Waals surface area contributed by atoms with Crippen LogP contribution >= 0.6 is 11.6 Å². The molecule has 30 heavy (non-hydrogen) atoms. The number of halogens is 1. The minimum absolute atomic E-state index is 0.000239. The van der Waals surface area contributed by atoms with E-state index in [1.807, 2.05) is 12.1 Å². The van der Waals surface area contributed by atoms with Gasteiger partial charge < -0.3 is 25.0 Å². The van der Waals surface area contributed by atoms with Crippen molar-refractivity contribution in [2.24, 2.45) is 0 Å². The summed E-state index contributed by atoms with van der Waals surface area (Å²) in [6, 6.07) is 13.7. The summed E-state index contributed by atoms with van der Waals surface area (Å²) in [6.07, 6.45) is -0.654. The summed E-state index contributed by atoms with van der Waals surface area (Å²) in [6.45, 7) is 0.888. The van der Waals surface area contributed by atoms with Crippen LogP contribution in [0, 0.1) is 0 Å². The van der Waals surface area contributed by atoms with E-state index in [0.717, 1.165) is 5.56 Å². The summed E-state index contributed by atoms with van der Waals surface area (Å²) in [5, 5.41) is 5.60. The van der Waals surface area contributed by atoms with Gasteiger partial charge in [-0.2, -0.15) is 0 Å². The molecule has 9 heteroatoms. The van der Waals surface area contributed by atoms with E-state index in [9.17, 15) is 14.4 Å². The van der Waals surface area contributed by atoms with Gasteiger partial charge in [0.25, 0.3) is 5.91 Å². The number of hydrogen-bond donors (Lipinski definition) is 2. The van der Waals surface area contributed by atoms with E-state index in [2.05, 4.69) is 10.6 Å². The SMILES string of the molecule is COc1ccccc1CNC(=O)C(=O)NC[C@@H]1OCCN1C(=O)c1ccc(Cl)cc1. The Morgan fingerprint density at radius 2 is 1.80 bits per heavy atom. The number of nitrogens with one attached hydrogen (secondary N) is 2. The molecule has 2 aromatic carbocycles. The third kappa shape index (κ3) is 5.28. The summed E-state index contributed by atoms with van der Waals surface area (Å²) in [4.78, 5) is 38.4. The van der Waals surface area contributed by atoms with Gasteiger partial charge in [-0.3, -0.25) is 14.4 Å². The number of benzene rings is 2. The van der Waals surface area contributed by atoms with Gasteiger partial charge in [-0.05, 0) is 30.3 Å². The molecule has 0 spiro atoms. The second-order valence-electron chi connectivity index (χ2n) is 6.54. The Hall–Kier alpha value is -3.10. The molecule has 0 aromatic heterocycles. The van der Waals surface area contributed by atoms with Crippen LogP contribution in [0.1, 0.15) is 15.9 Å². The highest BCUT2D eigenvalue weighted by Gasteiger charge is 2.31. The average molecular weight is 432 g/mol. The fourth-order valence-corrected chi connectivity index (χ4v) is 3.17. The summed E-state index contributed by atoms with van der Waals surface area (Å²) < 4.78 is 10.8. The molecule has 1 aliphatic rings. The van der Waals surface area contributed by atoms with E-state index < -0.39 is 18.0 Å². The van der Waals surface area contributed by atoms with Crippen LogP contribution in [-0.4, -0.2) is 55.7 Å². The number of nitrogens with zero attached hydrogens (tertiary/aromatic N) is 1. The maximum Gasteiger partial charge on any atom is 0.309 e. The molecule has 1 heterocycles. The van der Waals surface area contributed by atoms with E-state index >= 15 is 0 Å². The number of rotatable bonds is 6. The molecule has 0 radical (unpaired) electrons. The highest BCUT2D eigenvalue weighted by atomic mass is 35.5. The summed E-state index contributed by atoms with van der Waals surface area (Å²) in [5.74, 6) is -1.20. The van der Waals surface area contributed by atoms with Crippen molar-refractivity contribution in [1.82, 2.24) is 15.5 Å². The molecule has 158 valence electrons. The van der Waals surface area contributed by atoms with Gasteiger partial charge in [-0.15, -0.1) is 0 Å². The second kappa shape index (κ2) is 10.1. The Kier molecular flexibility index (Phi) is 7.26. The average Bonchev–Trinajstić information content (AvgIpc) is 3.24. The lowest BCUT2D eigenvalue weighted by Gasteiger charge is -2.23. The lowest BCUT2D eigenvalue weighted by atomic mass is 10.2. The van der Waals surface area contributed by atoms with Crippen molar-refractivity contribution < 1.29 is 23.9 Å². The third-order valence-electron chi connectivity index (χ3n) is 4.62. The van der Waals surface area contributed by atoms with Gasteiger partial charge in [-0.1, -0.05) is 29.8 Å². The number of amides is 3. The quantitative estimate of drug-likeness (QED) is 0.677. The van der Waals surface area contributed by atoms with E-state index in [4.69, 9.17) is 21.1 Å². The summed E-state index contributed by atoms with van der Waals surface area (Å²) in [7, 11) is 1.53. The van der Waals surface area contributed by atoms with Crippen LogP contribution in [0.2, 0.25) is 5.02 Å². The zero-order chi connectivity index (χ0) is 21.5. The fraction of sp³-hybridized carbons (Fsp3) is 0.286. The van der Waals surface area contributed by atoms with Gasteiger partial charge in [0.05, 0.1) is 20.3 Å². The standard InChI is InChI=1S/C21H22ClN3O5/c1-29-17-5-3-2-4-15(17)12-23-19(26)20(27)24-13-18-25(10-11-30-18)21(28)14-6-8-16(22)9-7-14/h2-9,18H,10-13H2,1H3,(H,23,26)(H,24,27)/t18-/m0/s1. The zero-order valence-corrected chi connectivity index (χ0v) is 17.1. The van der Waals surface area contributed by atoms with Crippen molar-refractivity contribution in [3.8, 4) is 5.75 Å². The van der Waals surface area contributed by atoms with Crippen molar-refractivity contribution in [3.05, 3.63) is 64.7 Å². The van der Waals surface area contributed by atoms with Crippen molar-refractivity contribution >= 4 is 29.3 Å². The number of methoxy groups -OCH3 is 1. The normalized spacial score (nSPS) is 15.5. The molecule has 0 aliphatic carbocycles. The first-order valence-corrected chi connectivity index (χ1v) is 9.73. The first kappa shape index (κ1) is 21.6. The van der Waals surface area contributed by atoms with Crippen molar-refractivity contribution in [3.63, 3.8) is 0 Å². The molecule has 1 fully saturated rings. The van der Waals surface area contributed by atoms with Crippen LogP contribution in [0.3, 0.4) is 0 Å². The van der Waals surface area contributed by atoms with Crippen LogP contribution in [-0.2, 0) is 20.9 Å². The molecule has 0 unspecified atom stereocenters. The maximum atomic E-state index is 12.7. The second-order valence-corrected chi connectivity index (χ2v) is 6.97. The van der Waals surface area contributed by atoms with E-state index in [1.165, 1.54) is 12.0 Å². The zero-order valence-electron chi connectivity index (χ0n) is 16.4. The van der Waals surface area contributed by atoms with E-state index in [-0.39, 0.29) is 19.0 Å². The minimum Gasteiger partial charge on any atom is -0.496 e. The van der Waals surface area contributed by atoms with Crippen LogP contribution in [0.4, 0.5) is 0 Å². The van der Waals surface area contributed by atoms with Crippen LogP contribution < -0.4 is 15.4 Å². The van der Waals surface area contributed by atoms with Crippen molar-refractivity contribution in [2.45, 2.75) is 12.8 Å². The number of hydrogen-bond acceptors (Lipinski definition) is 5.